The van der Waals surface area contributed by atoms with E-state index < -0.39 is 0 Å². The highest BCUT2D eigenvalue weighted by atomic mass is 16.5. The normalized spacial score (nSPS) is 13.4. The van der Waals surface area contributed by atoms with Gasteiger partial charge in [0.1, 0.15) is 23.0 Å². The molecule has 2 heterocycles. The van der Waals surface area contributed by atoms with Crippen LogP contribution in [0.25, 0.3) is 10.8 Å². The zero-order valence-electron chi connectivity index (χ0n) is 13.4. The van der Waals surface area contributed by atoms with E-state index in [4.69, 9.17) is 9.47 Å². The highest BCUT2D eigenvalue weighted by Gasteiger charge is 2.40. The topological polar surface area (TPSA) is 18.5 Å². The Morgan fingerprint density at radius 1 is 0.560 bits per heavy atom. The van der Waals surface area contributed by atoms with Gasteiger partial charge >= 0.3 is 0 Å². The van der Waals surface area contributed by atoms with Crippen molar-refractivity contribution in [2.24, 2.45) is 0 Å². The summed E-state index contributed by atoms with van der Waals surface area (Å²) in [5.74, 6) is 3.67. The summed E-state index contributed by atoms with van der Waals surface area (Å²) in [5, 5.41) is 2.35. The summed E-state index contributed by atoms with van der Waals surface area (Å²) < 4.78 is 12.5. The number of ether oxygens (including phenoxy) is 2. The maximum atomic E-state index is 6.37. The van der Waals surface area contributed by atoms with E-state index in [2.05, 4.69) is 48.5 Å². The molecule has 0 aliphatic carbocycles. The molecule has 0 fully saturated rings. The van der Waals surface area contributed by atoms with Crippen molar-refractivity contribution in [3.05, 3.63) is 78.9 Å². The molecule has 25 heavy (non-hydrogen) atoms. The van der Waals surface area contributed by atoms with Crippen LogP contribution in [-0.4, -0.2) is 6.71 Å². The first-order valence-electron chi connectivity index (χ1n) is 8.49. The van der Waals surface area contributed by atoms with Gasteiger partial charge in [0.15, 0.2) is 0 Å². The van der Waals surface area contributed by atoms with Gasteiger partial charge in [0.25, 0.3) is 6.71 Å². The number of fused-ring (bicyclic) bond motifs is 6. The Labute approximate surface area is 145 Å². The van der Waals surface area contributed by atoms with Gasteiger partial charge in [0, 0.05) is 10.8 Å². The first-order chi connectivity index (χ1) is 12.4. The highest BCUT2D eigenvalue weighted by Crippen LogP contribution is 2.36. The lowest BCUT2D eigenvalue weighted by Crippen LogP contribution is -2.57. The molecule has 0 spiro atoms. The van der Waals surface area contributed by atoms with Crippen LogP contribution in [0.2, 0.25) is 0 Å². The average Bonchev–Trinajstić information content (AvgIpc) is 2.67. The van der Waals surface area contributed by atoms with Crippen LogP contribution >= 0.6 is 0 Å². The van der Waals surface area contributed by atoms with E-state index >= 15 is 0 Å². The van der Waals surface area contributed by atoms with Crippen molar-refractivity contribution in [1.82, 2.24) is 0 Å². The third-order valence-corrected chi connectivity index (χ3v) is 5.20. The van der Waals surface area contributed by atoms with Gasteiger partial charge in [0.2, 0.25) is 0 Å². The number of benzene rings is 4. The molecule has 0 bridgehead atoms. The number of hydrogen-bond acceptors (Lipinski definition) is 2. The van der Waals surface area contributed by atoms with Crippen LogP contribution in [0, 0.1) is 0 Å². The van der Waals surface area contributed by atoms with Crippen LogP contribution in [0.1, 0.15) is 0 Å². The Hall–Kier alpha value is -3.20. The first-order valence-corrected chi connectivity index (χ1v) is 8.49. The van der Waals surface area contributed by atoms with Gasteiger partial charge in [-0.05, 0) is 34.5 Å². The molecule has 0 atom stereocenters. The standard InChI is InChI=1S/C22H13BO2/c1-2-7-15-14(6-1)12-13-17-22(15)25-20-11-5-10-19-21(20)23(17)16-8-3-4-9-18(16)24-19/h1-13H. The molecule has 0 radical (unpaired) electrons. The van der Waals surface area contributed by atoms with Crippen molar-refractivity contribution in [1.29, 1.82) is 0 Å². The fourth-order valence-electron chi connectivity index (χ4n) is 4.11. The Balaban J connectivity index is 1.73. The van der Waals surface area contributed by atoms with E-state index in [1.165, 1.54) is 16.3 Å². The van der Waals surface area contributed by atoms with Crippen molar-refractivity contribution in [3.63, 3.8) is 0 Å². The van der Waals surface area contributed by atoms with E-state index in [1.54, 1.807) is 0 Å². The molecule has 2 aliphatic rings. The molecule has 3 heteroatoms. The Morgan fingerprint density at radius 2 is 1.32 bits per heavy atom. The minimum Gasteiger partial charge on any atom is -0.458 e. The fraction of sp³-hybridized carbons (Fsp3) is 0. The lowest BCUT2D eigenvalue weighted by Gasteiger charge is -2.33. The maximum absolute atomic E-state index is 6.37. The van der Waals surface area contributed by atoms with Crippen LogP contribution in [0.4, 0.5) is 0 Å². The first kappa shape index (κ1) is 13.1. The summed E-state index contributed by atoms with van der Waals surface area (Å²) in [5.41, 5.74) is 3.53. The molecule has 2 nitrogen and oxygen atoms in total. The average molecular weight is 320 g/mol. The largest absolute Gasteiger partial charge is 0.458 e. The molecule has 6 rings (SSSR count). The Morgan fingerprint density at radius 3 is 2.28 bits per heavy atom. The van der Waals surface area contributed by atoms with Crippen molar-refractivity contribution in [2.45, 2.75) is 0 Å². The fourth-order valence-corrected chi connectivity index (χ4v) is 4.11. The summed E-state index contributed by atoms with van der Waals surface area (Å²) >= 11 is 0. The molecule has 0 N–H and O–H groups in total. The molecular formula is C22H13BO2. The van der Waals surface area contributed by atoms with Crippen LogP contribution in [0.5, 0.6) is 23.0 Å². The predicted molar refractivity (Wildman–Crippen MR) is 102 cm³/mol. The van der Waals surface area contributed by atoms with Crippen LogP contribution < -0.4 is 25.9 Å². The van der Waals surface area contributed by atoms with E-state index in [-0.39, 0.29) is 6.71 Å². The van der Waals surface area contributed by atoms with Crippen molar-refractivity contribution >= 4 is 33.9 Å². The molecule has 4 aromatic carbocycles. The van der Waals surface area contributed by atoms with E-state index in [0.717, 1.165) is 33.8 Å². The van der Waals surface area contributed by atoms with Crippen molar-refractivity contribution < 1.29 is 9.47 Å². The quantitative estimate of drug-likeness (QED) is 0.398. The molecule has 2 aliphatic heterocycles. The zero-order valence-corrected chi connectivity index (χ0v) is 13.4. The van der Waals surface area contributed by atoms with Gasteiger partial charge in [-0.25, -0.2) is 0 Å². The van der Waals surface area contributed by atoms with Crippen LogP contribution in [-0.2, 0) is 0 Å². The van der Waals surface area contributed by atoms with Crippen molar-refractivity contribution in [2.75, 3.05) is 0 Å². The van der Waals surface area contributed by atoms with Gasteiger partial charge in [-0.3, -0.25) is 0 Å². The van der Waals surface area contributed by atoms with Crippen LogP contribution in [0.15, 0.2) is 78.9 Å². The number of hydrogen-bond donors (Lipinski definition) is 0. The lowest BCUT2D eigenvalue weighted by atomic mass is 9.35. The molecule has 0 saturated carbocycles. The molecule has 0 unspecified atom stereocenters. The van der Waals surface area contributed by atoms with Crippen LogP contribution in [0.3, 0.4) is 0 Å². The Bertz CT molecular complexity index is 1170. The highest BCUT2D eigenvalue weighted by molar-refractivity contribution is 6.98. The smallest absolute Gasteiger partial charge is 0.260 e. The summed E-state index contributed by atoms with van der Waals surface area (Å²) in [6.07, 6.45) is 0. The molecule has 0 amide bonds. The second kappa shape index (κ2) is 4.67. The number of para-hydroxylation sites is 1. The van der Waals surface area contributed by atoms with E-state index in [9.17, 15) is 0 Å². The van der Waals surface area contributed by atoms with Gasteiger partial charge in [0.05, 0.1) is 0 Å². The summed E-state index contributed by atoms with van der Waals surface area (Å²) in [4.78, 5) is 0. The van der Waals surface area contributed by atoms with E-state index in [0.29, 0.717) is 0 Å². The third kappa shape index (κ3) is 1.70. The summed E-state index contributed by atoms with van der Waals surface area (Å²) in [6.45, 7) is 0.143. The minimum atomic E-state index is 0.143. The molecule has 0 saturated heterocycles. The van der Waals surface area contributed by atoms with Gasteiger partial charge in [-0.1, -0.05) is 60.7 Å². The number of rotatable bonds is 0. The second-order valence-electron chi connectivity index (χ2n) is 6.55. The zero-order chi connectivity index (χ0) is 16.4. The predicted octanol–water partition coefficient (Wildman–Crippen LogP) is 3.57. The molecule has 0 aromatic heterocycles. The van der Waals surface area contributed by atoms with Crippen molar-refractivity contribution in [3.8, 4) is 23.0 Å². The van der Waals surface area contributed by atoms with Gasteiger partial charge in [-0.2, -0.15) is 0 Å². The monoisotopic (exact) mass is 320 g/mol. The molecule has 116 valence electrons. The second-order valence-corrected chi connectivity index (χ2v) is 6.55. The third-order valence-electron chi connectivity index (χ3n) is 5.20. The maximum Gasteiger partial charge on any atom is 0.260 e. The SMILES string of the molecule is c1ccc2c(c1)Oc1cccc3c1B2c1ccc2ccccc2c1O3. The molecule has 4 aromatic rings. The Kier molecular flexibility index (Phi) is 2.45. The van der Waals surface area contributed by atoms with E-state index in [1.807, 2.05) is 30.3 Å². The summed E-state index contributed by atoms with van der Waals surface area (Å²) in [7, 11) is 0. The molecular weight excluding hydrogens is 307 g/mol. The minimum absolute atomic E-state index is 0.143. The van der Waals surface area contributed by atoms with Gasteiger partial charge in [-0.15, -0.1) is 0 Å². The summed E-state index contributed by atoms with van der Waals surface area (Å²) in [6, 6.07) is 27.1. The van der Waals surface area contributed by atoms with Gasteiger partial charge < -0.3 is 9.47 Å². The lowest BCUT2D eigenvalue weighted by molar-refractivity contribution is 0.467.